The molecule has 1 rings (SSSR count). The van der Waals surface area contributed by atoms with Gasteiger partial charge in [0.05, 0.1) is 12.0 Å². The second kappa shape index (κ2) is 4.52. The van der Waals surface area contributed by atoms with Gasteiger partial charge in [-0.05, 0) is 13.0 Å². The SMILES string of the molecule is CC(O)C(C)SCn1cccn1. The lowest BCUT2D eigenvalue weighted by Crippen LogP contribution is -2.16. The highest BCUT2D eigenvalue weighted by Crippen LogP contribution is 2.15. The van der Waals surface area contributed by atoms with Crippen molar-refractivity contribution in [2.24, 2.45) is 0 Å². The van der Waals surface area contributed by atoms with Crippen LogP contribution in [0.4, 0.5) is 0 Å². The summed E-state index contributed by atoms with van der Waals surface area (Å²) in [7, 11) is 0. The third-order valence-corrected chi connectivity index (χ3v) is 3.04. The van der Waals surface area contributed by atoms with Gasteiger partial charge in [-0.3, -0.25) is 4.68 Å². The molecule has 3 nitrogen and oxygen atoms in total. The first-order chi connectivity index (χ1) is 5.70. The van der Waals surface area contributed by atoms with Gasteiger partial charge in [0, 0.05) is 17.6 Å². The summed E-state index contributed by atoms with van der Waals surface area (Å²) in [5.41, 5.74) is 0. The molecule has 0 saturated heterocycles. The van der Waals surface area contributed by atoms with Crippen molar-refractivity contribution in [3.63, 3.8) is 0 Å². The summed E-state index contributed by atoms with van der Waals surface area (Å²) in [5.74, 6) is 0.805. The Morgan fingerprint density at radius 2 is 2.33 bits per heavy atom. The Hall–Kier alpha value is -0.480. The molecule has 0 aromatic carbocycles. The fourth-order valence-electron chi connectivity index (χ4n) is 0.710. The van der Waals surface area contributed by atoms with E-state index in [0.29, 0.717) is 0 Å². The van der Waals surface area contributed by atoms with Crippen molar-refractivity contribution in [3.8, 4) is 0 Å². The Labute approximate surface area is 76.8 Å². The molecule has 0 amide bonds. The van der Waals surface area contributed by atoms with Crippen LogP contribution in [-0.4, -0.2) is 26.2 Å². The lowest BCUT2D eigenvalue weighted by Gasteiger charge is -2.13. The molecule has 0 saturated carbocycles. The summed E-state index contributed by atoms with van der Waals surface area (Å²) < 4.78 is 1.85. The smallest absolute Gasteiger partial charge is 0.0866 e. The Bertz CT molecular complexity index is 211. The molecular weight excluding hydrogens is 172 g/mol. The molecule has 0 radical (unpaired) electrons. The Balaban J connectivity index is 2.27. The minimum atomic E-state index is -0.259. The van der Waals surface area contributed by atoms with E-state index in [0.717, 1.165) is 5.88 Å². The topological polar surface area (TPSA) is 38.0 Å². The van der Waals surface area contributed by atoms with Gasteiger partial charge in [-0.2, -0.15) is 5.10 Å². The lowest BCUT2D eigenvalue weighted by molar-refractivity contribution is 0.196. The van der Waals surface area contributed by atoms with E-state index in [1.54, 1.807) is 24.9 Å². The first-order valence-corrected chi connectivity index (χ1v) is 5.02. The average molecular weight is 186 g/mol. The fourth-order valence-corrected chi connectivity index (χ4v) is 1.53. The van der Waals surface area contributed by atoms with Crippen molar-refractivity contribution >= 4 is 11.8 Å². The van der Waals surface area contributed by atoms with Gasteiger partial charge in [-0.15, -0.1) is 11.8 Å². The van der Waals surface area contributed by atoms with Crippen molar-refractivity contribution < 1.29 is 5.11 Å². The van der Waals surface area contributed by atoms with E-state index in [2.05, 4.69) is 5.10 Å². The summed E-state index contributed by atoms with van der Waals surface area (Å²) >= 11 is 1.69. The number of nitrogens with zero attached hydrogens (tertiary/aromatic N) is 2. The summed E-state index contributed by atoms with van der Waals surface area (Å²) in [6.07, 6.45) is 3.42. The van der Waals surface area contributed by atoms with Gasteiger partial charge in [0.1, 0.15) is 0 Å². The largest absolute Gasteiger partial charge is 0.392 e. The van der Waals surface area contributed by atoms with Gasteiger partial charge in [0.15, 0.2) is 0 Å². The number of hydrogen-bond acceptors (Lipinski definition) is 3. The van der Waals surface area contributed by atoms with Crippen LogP contribution in [0, 0.1) is 0 Å². The number of aliphatic hydroxyl groups is 1. The quantitative estimate of drug-likeness (QED) is 0.771. The van der Waals surface area contributed by atoms with Gasteiger partial charge < -0.3 is 5.11 Å². The first kappa shape index (κ1) is 9.61. The van der Waals surface area contributed by atoms with E-state index in [9.17, 15) is 5.11 Å². The van der Waals surface area contributed by atoms with Crippen LogP contribution in [-0.2, 0) is 5.88 Å². The molecular formula is C8H14N2OS. The third kappa shape index (κ3) is 2.87. The van der Waals surface area contributed by atoms with Crippen LogP contribution in [0.25, 0.3) is 0 Å². The van der Waals surface area contributed by atoms with E-state index >= 15 is 0 Å². The van der Waals surface area contributed by atoms with Gasteiger partial charge in [-0.25, -0.2) is 0 Å². The van der Waals surface area contributed by atoms with Gasteiger partial charge in [-0.1, -0.05) is 6.92 Å². The second-order valence-corrected chi connectivity index (χ2v) is 4.12. The number of aromatic nitrogens is 2. The molecule has 0 spiro atoms. The first-order valence-electron chi connectivity index (χ1n) is 3.97. The van der Waals surface area contributed by atoms with Gasteiger partial charge in [0.25, 0.3) is 0 Å². The van der Waals surface area contributed by atoms with Crippen molar-refractivity contribution in [2.75, 3.05) is 0 Å². The minimum Gasteiger partial charge on any atom is -0.392 e. The molecule has 0 aliphatic rings. The van der Waals surface area contributed by atoms with Crippen molar-refractivity contribution in [3.05, 3.63) is 18.5 Å². The molecule has 0 aliphatic heterocycles. The average Bonchev–Trinajstić information content (AvgIpc) is 2.51. The predicted octanol–water partition coefficient (Wildman–Crippen LogP) is 1.34. The normalized spacial score (nSPS) is 15.9. The minimum absolute atomic E-state index is 0.259. The molecule has 68 valence electrons. The molecule has 1 aromatic rings. The molecule has 12 heavy (non-hydrogen) atoms. The number of rotatable bonds is 4. The van der Waals surface area contributed by atoms with Crippen LogP contribution in [0.1, 0.15) is 13.8 Å². The molecule has 0 bridgehead atoms. The molecule has 1 heterocycles. The Morgan fingerprint density at radius 3 is 2.83 bits per heavy atom. The number of thioether (sulfide) groups is 1. The van der Waals surface area contributed by atoms with E-state index in [1.165, 1.54) is 0 Å². The zero-order valence-corrected chi connectivity index (χ0v) is 8.16. The van der Waals surface area contributed by atoms with Crippen LogP contribution in [0.3, 0.4) is 0 Å². The summed E-state index contributed by atoms with van der Waals surface area (Å²) in [4.78, 5) is 0. The van der Waals surface area contributed by atoms with Gasteiger partial charge >= 0.3 is 0 Å². The number of aliphatic hydroxyl groups excluding tert-OH is 1. The molecule has 1 N–H and O–H groups in total. The maximum absolute atomic E-state index is 9.20. The second-order valence-electron chi connectivity index (χ2n) is 2.79. The van der Waals surface area contributed by atoms with Crippen molar-refractivity contribution in [1.29, 1.82) is 0 Å². The molecule has 2 atom stereocenters. The summed E-state index contributed by atoms with van der Waals surface area (Å²) in [5, 5.41) is 13.5. The van der Waals surface area contributed by atoms with Crippen molar-refractivity contribution in [1.82, 2.24) is 9.78 Å². The fraction of sp³-hybridized carbons (Fsp3) is 0.625. The highest BCUT2D eigenvalue weighted by Gasteiger charge is 2.08. The van der Waals surface area contributed by atoms with Crippen LogP contribution in [0.5, 0.6) is 0 Å². The van der Waals surface area contributed by atoms with E-state index in [4.69, 9.17) is 0 Å². The third-order valence-electron chi connectivity index (χ3n) is 1.71. The Kier molecular flexibility index (Phi) is 3.62. The van der Waals surface area contributed by atoms with E-state index < -0.39 is 0 Å². The molecule has 0 fully saturated rings. The van der Waals surface area contributed by atoms with Crippen LogP contribution in [0.2, 0.25) is 0 Å². The summed E-state index contributed by atoms with van der Waals surface area (Å²) in [6, 6.07) is 1.90. The maximum atomic E-state index is 9.20. The Morgan fingerprint density at radius 1 is 1.58 bits per heavy atom. The van der Waals surface area contributed by atoms with Crippen LogP contribution in [0.15, 0.2) is 18.5 Å². The lowest BCUT2D eigenvalue weighted by atomic mass is 10.3. The molecule has 2 unspecified atom stereocenters. The number of hydrogen-bond donors (Lipinski definition) is 1. The molecule has 4 heteroatoms. The van der Waals surface area contributed by atoms with Crippen LogP contribution < -0.4 is 0 Å². The van der Waals surface area contributed by atoms with Crippen molar-refractivity contribution in [2.45, 2.75) is 31.1 Å². The maximum Gasteiger partial charge on any atom is 0.0866 e. The zero-order chi connectivity index (χ0) is 8.97. The monoisotopic (exact) mass is 186 g/mol. The highest BCUT2D eigenvalue weighted by atomic mass is 32.2. The molecule has 0 aliphatic carbocycles. The van der Waals surface area contributed by atoms with E-state index in [-0.39, 0.29) is 11.4 Å². The summed E-state index contributed by atoms with van der Waals surface area (Å²) in [6.45, 7) is 3.82. The predicted molar refractivity (Wildman–Crippen MR) is 51.0 cm³/mol. The zero-order valence-electron chi connectivity index (χ0n) is 7.34. The highest BCUT2D eigenvalue weighted by molar-refractivity contribution is 7.98. The van der Waals surface area contributed by atoms with Gasteiger partial charge in [0.2, 0.25) is 0 Å². The van der Waals surface area contributed by atoms with E-state index in [1.807, 2.05) is 23.9 Å². The van der Waals surface area contributed by atoms with Crippen LogP contribution >= 0.6 is 11.8 Å². The molecule has 1 aromatic heterocycles. The standard InChI is InChI=1S/C8H14N2OS/c1-7(11)8(2)12-6-10-5-3-4-9-10/h3-5,7-8,11H,6H2,1-2H3.